The van der Waals surface area contributed by atoms with Crippen molar-refractivity contribution in [2.24, 2.45) is 0 Å². The maximum absolute atomic E-state index is 12.2. The fourth-order valence-electron chi connectivity index (χ4n) is 2.54. The Morgan fingerprint density at radius 2 is 2.20 bits per heavy atom. The zero-order valence-corrected chi connectivity index (χ0v) is 16.1. The highest BCUT2D eigenvalue weighted by atomic mass is 32.2. The van der Waals surface area contributed by atoms with Crippen molar-refractivity contribution in [2.75, 3.05) is 38.7 Å². The molecule has 0 aliphatic heterocycles. The maximum atomic E-state index is 12.2. The highest BCUT2D eigenvalue weighted by Gasteiger charge is 2.18. The molecule has 1 heterocycles. The predicted octanol–water partition coefficient (Wildman–Crippen LogP) is 1.19. The normalized spacial score (nSPS) is 17.0. The fraction of sp³-hybridized carbons (Fsp3) is 0.800. The van der Waals surface area contributed by atoms with Gasteiger partial charge in [-0.2, -0.15) is 0 Å². The van der Waals surface area contributed by atoms with Crippen molar-refractivity contribution in [3.05, 3.63) is 6.20 Å². The lowest BCUT2D eigenvalue weighted by Crippen LogP contribution is -2.25. The van der Waals surface area contributed by atoms with Gasteiger partial charge >= 0.3 is 0 Å². The van der Waals surface area contributed by atoms with Crippen LogP contribution in [0.5, 0.6) is 0 Å². The Hall–Kier alpha value is -0.780. The minimum absolute atomic E-state index is 0.121. The van der Waals surface area contributed by atoms with Gasteiger partial charge in [-0.05, 0) is 19.3 Å². The first-order valence-corrected chi connectivity index (χ1v) is 10.8. The number of thiazole rings is 1. The number of hydrogen-bond acceptors (Lipinski definition) is 8. The molecule has 1 fully saturated rings. The second-order valence-electron chi connectivity index (χ2n) is 5.93. The number of nitrogens with zero attached hydrogens (tertiary/aromatic N) is 1. The van der Waals surface area contributed by atoms with Gasteiger partial charge in [-0.25, -0.2) is 18.1 Å². The molecule has 8 nitrogen and oxygen atoms in total. The summed E-state index contributed by atoms with van der Waals surface area (Å²) in [5, 5.41) is 12.5. The number of sulfonamides is 1. The summed E-state index contributed by atoms with van der Waals surface area (Å²) in [5.74, 6) is 0. The quantitative estimate of drug-likeness (QED) is 0.458. The third-order valence-electron chi connectivity index (χ3n) is 4.04. The zero-order valence-electron chi connectivity index (χ0n) is 14.4. The average molecular weight is 394 g/mol. The SMILES string of the molecule is COC(CO)CNc1ncc(S(=O)(=O)NCCCOC2CCCC2)s1. The Labute approximate surface area is 153 Å². The lowest BCUT2D eigenvalue weighted by molar-refractivity contribution is 0.0575. The number of aliphatic hydroxyl groups excluding tert-OH is 1. The Kier molecular flexibility index (Phi) is 8.53. The molecule has 1 aromatic rings. The average Bonchev–Trinajstić information content (AvgIpc) is 3.27. The van der Waals surface area contributed by atoms with Crippen LogP contribution in [0.25, 0.3) is 0 Å². The Balaban J connectivity index is 1.71. The van der Waals surface area contributed by atoms with Gasteiger partial charge in [0.25, 0.3) is 10.0 Å². The van der Waals surface area contributed by atoms with Crippen molar-refractivity contribution >= 4 is 26.5 Å². The van der Waals surface area contributed by atoms with E-state index < -0.39 is 10.0 Å². The smallest absolute Gasteiger partial charge is 0.251 e. The Bertz CT molecular complexity index is 598. The molecule has 2 rings (SSSR count). The van der Waals surface area contributed by atoms with Gasteiger partial charge in [-0.1, -0.05) is 24.2 Å². The van der Waals surface area contributed by atoms with E-state index in [0.29, 0.717) is 37.4 Å². The topological polar surface area (TPSA) is 110 Å². The molecule has 1 saturated carbocycles. The van der Waals surface area contributed by atoms with Gasteiger partial charge in [0.15, 0.2) is 9.34 Å². The molecule has 1 aromatic heterocycles. The molecule has 1 atom stereocenters. The third kappa shape index (κ3) is 6.80. The standard InChI is InChI=1S/C15H27N3O5S2/c1-22-13(11-19)9-16-15-17-10-14(24-15)25(20,21)18-7-4-8-23-12-5-2-3-6-12/h10,12-13,18-19H,2-9,11H2,1H3,(H,16,17). The first-order valence-electron chi connectivity index (χ1n) is 8.49. The van der Waals surface area contributed by atoms with E-state index in [-0.39, 0.29) is 16.9 Å². The van der Waals surface area contributed by atoms with Gasteiger partial charge in [-0.15, -0.1) is 0 Å². The highest BCUT2D eigenvalue weighted by molar-refractivity contribution is 7.91. The third-order valence-corrected chi connectivity index (χ3v) is 6.91. The number of nitrogens with one attached hydrogen (secondary N) is 2. The number of anilines is 1. The highest BCUT2D eigenvalue weighted by Crippen LogP contribution is 2.23. The molecule has 0 aromatic carbocycles. The zero-order chi connectivity index (χ0) is 18.1. The van der Waals surface area contributed by atoms with Crippen LogP contribution in [0.2, 0.25) is 0 Å². The molecule has 1 unspecified atom stereocenters. The summed E-state index contributed by atoms with van der Waals surface area (Å²) < 4.78 is 38.0. The van der Waals surface area contributed by atoms with Gasteiger partial charge in [0.1, 0.15) is 0 Å². The van der Waals surface area contributed by atoms with Crippen LogP contribution in [-0.4, -0.2) is 64.1 Å². The number of aliphatic hydroxyl groups is 1. The van der Waals surface area contributed by atoms with Crippen molar-refractivity contribution in [1.29, 1.82) is 0 Å². The second kappa shape index (κ2) is 10.4. The molecule has 0 saturated heterocycles. The van der Waals surface area contributed by atoms with Crippen molar-refractivity contribution in [1.82, 2.24) is 9.71 Å². The van der Waals surface area contributed by atoms with Crippen LogP contribution in [0.1, 0.15) is 32.1 Å². The van der Waals surface area contributed by atoms with Gasteiger partial charge in [-0.3, -0.25) is 0 Å². The number of ether oxygens (including phenoxy) is 2. The minimum atomic E-state index is -3.56. The monoisotopic (exact) mass is 393 g/mol. The molecule has 3 N–H and O–H groups in total. The van der Waals surface area contributed by atoms with Gasteiger partial charge in [0.2, 0.25) is 0 Å². The molecule has 144 valence electrons. The summed E-state index contributed by atoms with van der Waals surface area (Å²) in [6, 6.07) is 0. The summed E-state index contributed by atoms with van der Waals surface area (Å²) in [5.41, 5.74) is 0. The molecule has 1 aliphatic rings. The van der Waals surface area contributed by atoms with Gasteiger partial charge < -0.3 is 19.9 Å². The van der Waals surface area contributed by atoms with Crippen LogP contribution in [0, 0.1) is 0 Å². The van der Waals surface area contributed by atoms with Crippen LogP contribution in [0.15, 0.2) is 10.4 Å². The molecule has 0 amide bonds. The number of hydrogen-bond donors (Lipinski definition) is 3. The van der Waals surface area contributed by atoms with E-state index in [4.69, 9.17) is 14.6 Å². The molecule has 1 aliphatic carbocycles. The number of aromatic nitrogens is 1. The summed E-state index contributed by atoms with van der Waals surface area (Å²) in [6.07, 6.45) is 6.64. The van der Waals surface area contributed by atoms with Crippen LogP contribution < -0.4 is 10.0 Å². The molecule has 10 heteroatoms. The predicted molar refractivity (Wildman–Crippen MR) is 96.5 cm³/mol. The molecule has 0 spiro atoms. The Morgan fingerprint density at radius 3 is 2.88 bits per heavy atom. The van der Waals surface area contributed by atoms with Crippen LogP contribution in [0.3, 0.4) is 0 Å². The van der Waals surface area contributed by atoms with E-state index in [1.807, 2.05) is 0 Å². The lowest BCUT2D eigenvalue weighted by Gasteiger charge is -2.12. The van der Waals surface area contributed by atoms with E-state index in [1.165, 1.54) is 26.1 Å². The number of methoxy groups -OCH3 is 1. The van der Waals surface area contributed by atoms with E-state index in [9.17, 15) is 8.42 Å². The summed E-state index contributed by atoms with van der Waals surface area (Å²) in [6.45, 7) is 1.14. The van der Waals surface area contributed by atoms with E-state index >= 15 is 0 Å². The summed E-state index contributed by atoms with van der Waals surface area (Å²) in [7, 11) is -2.06. The van der Waals surface area contributed by atoms with Crippen molar-refractivity contribution < 1.29 is 23.0 Å². The van der Waals surface area contributed by atoms with Crippen LogP contribution in [-0.2, 0) is 19.5 Å². The maximum Gasteiger partial charge on any atom is 0.251 e. The molecule has 0 radical (unpaired) electrons. The van der Waals surface area contributed by atoms with Crippen LogP contribution in [0.4, 0.5) is 5.13 Å². The first-order chi connectivity index (χ1) is 12.0. The van der Waals surface area contributed by atoms with Crippen LogP contribution >= 0.6 is 11.3 Å². The largest absolute Gasteiger partial charge is 0.394 e. The minimum Gasteiger partial charge on any atom is -0.394 e. The Morgan fingerprint density at radius 1 is 1.44 bits per heavy atom. The molecular weight excluding hydrogens is 366 g/mol. The van der Waals surface area contributed by atoms with E-state index in [1.54, 1.807) is 0 Å². The lowest BCUT2D eigenvalue weighted by atomic mass is 10.3. The van der Waals surface area contributed by atoms with Gasteiger partial charge in [0.05, 0.1) is 25.0 Å². The van der Waals surface area contributed by atoms with E-state index in [2.05, 4.69) is 15.0 Å². The first kappa shape index (κ1) is 20.5. The summed E-state index contributed by atoms with van der Waals surface area (Å²) >= 11 is 1.05. The van der Waals surface area contributed by atoms with Crippen molar-refractivity contribution in [3.8, 4) is 0 Å². The van der Waals surface area contributed by atoms with Crippen molar-refractivity contribution in [2.45, 2.75) is 48.5 Å². The summed E-state index contributed by atoms with van der Waals surface area (Å²) in [4.78, 5) is 4.05. The fourth-order valence-corrected chi connectivity index (χ4v) is 4.70. The number of rotatable bonds is 12. The molecular formula is C15H27N3O5S2. The van der Waals surface area contributed by atoms with E-state index in [0.717, 1.165) is 24.2 Å². The molecule has 0 bridgehead atoms. The van der Waals surface area contributed by atoms with Gasteiger partial charge in [0, 0.05) is 26.8 Å². The second-order valence-corrected chi connectivity index (χ2v) is 8.96. The van der Waals surface area contributed by atoms with Crippen molar-refractivity contribution in [3.63, 3.8) is 0 Å². The molecule has 25 heavy (non-hydrogen) atoms.